The van der Waals surface area contributed by atoms with Crippen LogP contribution in [0.3, 0.4) is 0 Å². The molecule has 5 nitrogen and oxygen atoms in total. The average Bonchev–Trinajstić information content (AvgIpc) is 3.40. The van der Waals surface area contributed by atoms with Gasteiger partial charge in [-0.25, -0.2) is 4.39 Å². The van der Waals surface area contributed by atoms with E-state index in [9.17, 15) is 9.18 Å². The molecule has 1 aromatic heterocycles. The predicted octanol–water partition coefficient (Wildman–Crippen LogP) is 4.95. The first-order valence-electron chi connectivity index (χ1n) is 10.2. The molecule has 0 fully saturated rings. The highest BCUT2D eigenvalue weighted by molar-refractivity contribution is 5.91. The molecule has 0 unspecified atom stereocenters. The average molecular weight is 416 g/mol. The maximum Gasteiger partial charge on any atom is 0.231 e. The molecule has 0 aliphatic carbocycles. The zero-order valence-corrected chi connectivity index (χ0v) is 16.8. The first-order chi connectivity index (χ1) is 15.2. The second-order valence-electron chi connectivity index (χ2n) is 7.50. The van der Waals surface area contributed by atoms with E-state index >= 15 is 0 Å². The number of halogens is 1. The van der Waals surface area contributed by atoms with Gasteiger partial charge in [0.05, 0.1) is 0 Å². The van der Waals surface area contributed by atoms with Crippen molar-refractivity contribution in [3.8, 4) is 22.8 Å². The van der Waals surface area contributed by atoms with Gasteiger partial charge >= 0.3 is 0 Å². The van der Waals surface area contributed by atoms with Gasteiger partial charge in [-0.1, -0.05) is 36.4 Å². The first kappa shape index (κ1) is 19.2. The van der Waals surface area contributed by atoms with Crippen molar-refractivity contribution in [2.75, 3.05) is 6.79 Å². The minimum Gasteiger partial charge on any atom is -0.454 e. The lowest BCUT2D eigenvalue weighted by atomic mass is 10.0. The Hall–Kier alpha value is -3.80. The highest BCUT2D eigenvalue weighted by atomic mass is 19.1. The Morgan fingerprint density at radius 2 is 1.84 bits per heavy atom. The van der Waals surface area contributed by atoms with Crippen LogP contribution in [0.4, 0.5) is 4.39 Å². The Kier molecular flexibility index (Phi) is 5.04. The van der Waals surface area contributed by atoms with Gasteiger partial charge in [0.25, 0.3) is 0 Å². The second kappa shape index (κ2) is 8.14. The van der Waals surface area contributed by atoms with Crippen LogP contribution in [0.15, 0.2) is 66.7 Å². The van der Waals surface area contributed by atoms with Crippen molar-refractivity contribution in [1.29, 1.82) is 0 Å². The fraction of sp³-hybridized carbons (Fsp3) is 0.160. The van der Waals surface area contributed by atoms with Crippen molar-refractivity contribution >= 4 is 16.8 Å². The molecule has 31 heavy (non-hydrogen) atoms. The zero-order valence-electron chi connectivity index (χ0n) is 16.8. The van der Waals surface area contributed by atoms with E-state index < -0.39 is 0 Å². The van der Waals surface area contributed by atoms with Crippen molar-refractivity contribution in [3.05, 3.63) is 83.7 Å². The molecule has 0 saturated carbocycles. The lowest BCUT2D eigenvalue weighted by molar-refractivity contribution is -0.121. The molecule has 3 aromatic carbocycles. The number of amides is 1. The van der Waals surface area contributed by atoms with Gasteiger partial charge in [0.1, 0.15) is 5.82 Å². The van der Waals surface area contributed by atoms with Crippen molar-refractivity contribution in [3.63, 3.8) is 0 Å². The Bertz CT molecular complexity index is 1250. The van der Waals surface area contributed by atoms with E-state index in [-0.39, 0.29) is 18.5 Å². The summed E-state index contributed by atoms with van der Waals surface area (Å²) in [5, 5.41) is 3.76. The summed E-state index contributed by atoms with van der Waals surface area (Å²) in [5.41, 5.74) is 4.67. The Labute approximate surface area is 178 Å². The monoisotopic (exact) mass is 416 g/mol. The van der Waals surface area contributed by atoms with E-state index in [1.54, 1.807) is 6.07 Å². The van der Waals surface area contributed by atoms with Gasteiger partial charge in [0.15, 0.2) is 11.5 Å². The van der Waals surface area contributed by atoms with Gasteiger partial charge in [-0.2, -0.15) is 0 Å². The van der Waals surface area contributed by atoms with Crippen molar-refractivity contribution in [2.45, 2.75) is 19.4 Å². The Balaban J connectivity index is 1.32. The number of aryl methyl sites for hydroxylation is 1. The molecule has 2 N–H and O–H groups in total. The molecule has 0 radical (unpaired) electrons. The van der Waals surface area contributed by atoms with E-state index in [4.69, 9.17) is 9.47 Å². The molecule has 2 heterocycles. The number of carbonyl (C=O) groups excluding carboxylic acids is 1. The van der Waals surface area contributed by atoms with E-state index in [0.717, 1.165) is 39.0 Å². The van der Waals surface area contributed by atoms with Crippen LogP contribution in [0.5, 0.6) is 11.5 Å². The minimum absolute atomic E-state index is 0.0672. The molecule has 0 saturated heterocycles. The van der Waals surface area contributed by atoms with E-state index in [1.807, 2.05) is 48.5 Å². The molecule has 1 aliphatic rings. The summed E-state index contributed by atoms with van der Waals surface area (Å²) in [6, 6.07) is 20.2. The second-order valence-corrected chi connectivity index (χ2v) is 7.50. The number of benzene rings is 3. The lowest BCUT2D eigenvalue weighted by Gasteiger charge is -2.08. The standard InChI is InChI=1S/C25H21FN2O3/c26-18-7-9-21-20(13-18)19(25(28-21)17-4-2-1-3-5-17)8-11-24(29)27-14-16-6-10-22-23(12-16)31-15-30-22/h1-7,9-10,12-13,28H,8,11,14-15H2,(H,27,29). The number of fused-ring (bicyclic) bond motifs is 2. The summed E-state index contributed by atoms with van der Waals surface area (Å²) < 4.78 is 24.6. The van der Waals surface area contributed by atoms with Crippen LogP contribution < -0.4 is 14.8 Å². The van der Waals surface area contributed by atoms with Crippen LogP contribution in [-0.2, 0) is 17.8 Å². The fourth-order valence-electron chi connectivity index (χ4n) is 3.91. The van der Waals surface area contributed by atoms with Crippen LogP contribution in [-0.4, -0.2) is 17.7 Å². The number of aromatic amines is 1. The fourth-order valence-corrected chi connectivity index (χ4v) is 3.91. The SMILES string of the molecule is O=C(CCc1c(-c2ccccc2)[nH]c2ccc(F)cc12)NCc1ccc2c(c1)OCO2. The smallest absolute Gasteiger partial charge is 0.231 e. The maximum absolute atomic E-state index is 13.9. The van der Waals surface area contributed by atoms with E-state index in [1.165, 1.54) is 12.1 Å². The summed E-state index contributed by atoms with van der Waals surface area (Å²) in [5.74, 6) is 1.05. The summed E-state index contributed by atoms with van der Waals surface area (Å²) in [6.45, 7) is 0.629. The van der Waals surface area contributed by atoms with Crippen LogP contribution in [0.2, 0.25) is 0 Å². The van der Waals surface area contributed by atoms with E-state index in [0.29, 0.717) is 25.1 Å². The molecule has 0 atom stereocenters. The van der Waals surface area contributed by atoms with Crippen molar-refractivity contribution < 1.29 is 18.7 Å². The highest BCUT2D eigenvalue weighted by Crippen LogP contribution is 2.33. The van der Waals surface area contributed by atoms with Crippen molar-refractivity contribution in [2.24, 2.45) is 0 Å². The topological polar surface area (TPSA) is 63.4 Å². The van der Waals surface area contributed by atoms with Gasteiger partial charge in [-0.05, 0) is 53.4 Å². The molecule has 4 aromatic rings. The van der Waals surface area contributed by atoms with Gasteiger partial charge in [0, 0.05) is 29.6 Å². The number of nitrogens with one attached hydrogen (secondary N) is 2. The molecule has 5 rings (SSSR count). The van der Waals surface area contributed by atoms with Gasteiger partial charge in [-0.15, -0.1) is 0 Å². The van der Waals surface area contributed by atoms with Crippen LogP contribution in [0.25, 0.3) is 22.2 Å². The number of aromatic nitrogens is 1. The first-order valence-corrected chi connectivity index (χ1v) is 10.2. The van der Waals surface area contributed by atoms with Gasteiger partial charge in [-0.3, -0.25) is 4.79 Å². The third-order valence-corrected chi connectivity index (χ3v) is 5.46. The van der Waals surface area contributed by atoms with Crippen LogP contribution >= 0.6 is 0 Å². The molecule has 1 amide bonds. The molecule has 0 bridgehead atoms. The Morgan fingerprint density at radius 3 is 2.71 bits per heavy atom. The molecular weight excluding hydrogens is 395 g/mol. The summed E-state index contributed by atoms with van der Waals surface area (Å²) in [4.78, 5) is 15.9. The normalized spacial score (nSPS) is 12.3. The van der Waals surface area contributed by atoms with Gasteiger partial charge in [0.2, 0.25) is 12.7 Å². The summed E-state index contributed by atoms with van der Waals surface area (Å²) >= 11 is 0. The largest absolute Gasteiger partial charge is 0.454 e. The quantitative estimate of drug-likeness (QED) is 0.467. The third kappa shape index (κ3) is 3.97. The highest BCUT2D eigenvalue weighted by Gasteiger charge is 2.16. The molecular formula is C25H21FN2O3. The number of rotatable bonds is 6. The number of hydrogen-bond acceptors (Lipinski definition) is 3. The number of H-pyrrole nitrogens is 1. The van der Waals surface area contributed by atoms with Crippen molar-refractivity contribution in [1.82, 2.24) is 10.3 Å². The summed E-state index contributed by atoms with van der Waals surface area (Å²) in [7, 11) is 0. The maximum atomic E-state index is 13.9. The minimum atomic E-state index is -0.292. The predicted molar refractivity (Wildman–Crippen MR) is 116 cm³/mol. The van der Waals surface area contributed by atoms with Crippen LogP contribution in [0.1, 0.15) is 17.5 Å². The molecule has 156 valence electrons. The third-order valence-electron chi connectivity index (χ3n) is 5.46. The number of ether oxygens (including phenoxy) is 2. The molecule has 0 spiro atoms. The molecule has 1 aliphatic heterocycles. The van der Waals surface area contributed by atoms with E-state index in [2.05, 4.69) is 10.3 Å². The van der Waals surface area contributed by atoms with Gasteiger partial charge < -0.3 is 19.8 Å². The van der Waals surface area contributed by atoms with Crippen LogP contribution in [0, 0.1) is 5.82 Å². The summed E-state index contributed by atoms with van der Waals surface area (Å²) in [6.07, 6.45) is 0.800. The Morgan fingerprint density at radius 1 is 1.00 bits per heavy atom. The number of carbonyl (C=O) groups is 1. The molecule has 6 heteroatoms. The lowest BCUT2D eigenvalue weighted by Crippen LogP contribution is -2.23. The number of hydrogen-bond donors (Lipinski definition) is 2. The zero-order chi connectivity index (χ0) is 21.2.